The first kappa shape index (κ1) is 16.4. The maximum atomic E-state index is 13.8. The summed E-state index contributed by atoms with van der Waals surface area (Å²) in [6.45, 7) is 4.07. The zero-order chi connectivity index (χ0) is 18.4. The molecule has 0 radical (unpaired) electrons. The molecule has 0 aliphatic heterocycles. The first-order valence-corrected chi connectivity index (χ1v) is 8.12. The molecule has 4 aromatic rings. The fourth-order valence-electron chi connectivity index (χ4n) is 3.13. The predicted molar refractivity (Wildman–Crippen MR) is 92.9 cm³/mol. The molecule has 0 unspecified atom stereocenters. The highest BCUT2D eigenvalue weighted by Crippen LogP contribution is 2.22. The third-order valence-corrected chi connectivity index (χ3v) is 4.19. The van der Waals surface area contributed by atoms with Crippen LogP contribution in [0.15, 0.2) is 35.5 Å². The van der Waals surface area contributed by atoms with Crippen molar-refractivity contribution in [2.75, 3.05) is 7.11 Å². The van der Waals surface area contributed by atoms with Gasteiger partial charge in [-0.1, -0.05) is 5.21 Å². The van der Waals surface area contributed by atoms with E-state index in [4.69, 9.17) is 4.74 Å². The molecule has 0 amide bonds. The van der Waals surface area contributed by atoms with E-state index in [1.165, 1.54) is 23.1 Å². The van der Waals surface area contributed by atoms with E-state index in [1.54, 1.807) is 28.3 Å². The molecular formula is C17H17FN6O2. The maximum Gasteiger partial charge on any atom is 0.279 e. The lowest BCUT2D eigenvalue weighted by Crippen LogP contribution is -2.25. The van der Waals surface area contributed by atoms with E-state index in [2.05, 4.69) is 15.3 Å². The van der Waals surface area contributed by atoms with Crippen LogP contribution in [0.25, 0.3) is 22.4 Å². The van der Waals surface area contributed by atoms with E-state index >= 15 is 0 Å². The molecule has 0 atom stereocenters. The van der Waals surface area contributed by atoms with Gasteiger partial charge in [-0.05, 0) is 32.0 Å². The highest BCUT2D eigenvalue weighted by atomic mass is 19.1. The van der Waals surface area contributed by atoms with Gasteiger partial charge in [0.15, 0.2) is 11.3 Å². The molecule has 3 heterocycles. The van der Waals surface area contributed by atoms with E-state index in [0.29, 0.717) is 34.7 Å². The minimum atomic E-state index is -0.397. The number of fused-ring (bicyclic) bond motifs is 3. The van der Waals surface area contributed by atoms with E-state index in [-0.39, 0.29) is 11.6 Å². The van der Waals surface area contributed by atoms with Gasteiger partial charge in [0.05, 0.1) is 23.8 Å². The molecule has 4 rings (SSSR count). The Morgan fingerprint density at radius 1 is 1.27 bits per heavy atom. The summed E-state index contributed by atoms with van der Waals surface area (Å²) in [5.74, 6) is -0.0306. The number of hydrogen-bond acceptors (Lipinski definition) is 5. The van der Waals surface area contributed by atoms with Crippen molar-refractivity contribution in [3.8, 4) is 5.82 Å². The molecule has 0 spiro atoms. The average molecular weight is 356 g/mol. The van der Waals surface area contributed by atoms with Crippen LogP contribution in [-0.4, -0.2) is 36.1 Å². The zero-order valence-electron chi connectivity index (χ0n) is 14.5. The van der Waals surface area contributed by atoms with Crippen molar-refractivity contribution in [1.29, 1.82) is 0 Å². The van der Waals surface area contributed by atoms with Crippen molar-refractivity contribution in [3.63, 3.8) is 0 Å². The van der Waals surface area contributed by atoms with Gasteiger partial charge in [-0.25, -0.2) is 9.37 Å². The standard InChI is InChI=1S/C17H17FN6O2/c1-10(2)24-14-6-11(18)4-5-13(14)22-9-19-16(15(22)17(24)25)23-7-12(8-26-3)20-21-23/h4-7,9-10H,8H2,1-3H3. The molecule has 0 aliphatic rings. The second-order valence-electron chi connectivity index (χ2n) is 6.28. The Hall–Kier alpha value is -3.07. The first-order valence-electron chi connectivity index (χ1n) is 8.12. The van der Waals surface area contributed by atoms with Gasteiger partial charge >= 0.3 is 0 Å². The van der Waals surface area contributed by atoms with Gasteiger partial charge in [0, 0.05) is 13.2 Å². The van der Waals surface area contributed by atoms with Crippen molar-refractivity contribution in [1.82, 2.24) is 28.9 Å². The van der Waals surface area contributed by atoms with Crippen molar-refractivity contribution in [2.45, 2.75) is 26.5 Å². The summed E-state index contributed by atoms with van der Waals surface area (Å²) in [6, 6.07) is 4.21. The lowest BCUT2D eigenvalue weighted by Gasteiger charge is -2.15. The number of methoxy groups -OCH3 is 1. The Balaban J connectivity index is 2.07. The van der Waals surface area contributed by atoms with Crippen LogP contribution in [0.2, 0.25) is 0 Å². The van der Waals surface area contributed by atoms with Crippen molar-refractivity contribution >= 4 is 16.6 Å². The van der Waals surface area contributed by atoms with E-state index < -0.39 is 5.82 Å². The highest BCUT2D eigenvalue weighted by molar-refractivity contribution is 5.81. The van der Waals surface area contributed by atoms with E-state index in [1.807, 2.05) is 13.8 Å². The summed E-state index contributed by atoms with van der Waals surface area (Å²) in [4.78, 5) is 17.5. The molecule has 9 heteroatoms. The second-order valence-corrected chi connectivity index (χ2v) is 6.28. The van der Waals surface area contributed by atoms with Crippen LogP contribution in [0.5, 0.6) is 0 Å². The van der Waals surface area contributed by atoms with Crippen LogP contribution < -0.4 is 5.56 Å². The Labute approximate surface area is 147 Å². The number of aromatic nitrogens is 6. The highest BCUT2D eigenvalue weighted by Gasteiger charge is 2.19. The number of nitrogens with zero attached hydrogens (tertiary/aromatic N) is 6. The molecular weight excluding hydrogens is 339 g/mol. The summed E-state index contributed by atoms with van der Waals surface area (Å²) in [5.41, 5.74) is 1.91. The Morgan fingerprint density at radius 3 is 2.81 bits per heavy atom. The number of hydrogen-bond donors (Lipinski definition) is 0. The summed E-state index contributed by atoms with van der Waals surface area (Å²) >= 11 is 0. The van der Waals surface area contributed by atoms with Crippen molar-refractivity contribution in [3.05, 3.63) is 52.6 Å². The van der Waals surface area contributed by atoms with Crippen LogP contribution in [0, 0.1) is 5.82 Å². The summed E-state index contributed by atoms with van der Waals surface area (Å²) in [7, 11) is 1.57. The molecule has 0 aliphatic carbocycles. The molecule has 0 N–H and O–H groups in total. The van der Waals surface area contributed by atoms with Crippen molar-refractivity contribution in [2.24, 2.45) is 0 Å². The van der Waals surface area contributed by atoms with Crippen LogP contribution in [0.4, 0.5) is 4.39 Å². The smallest absolute Gasteiger partial charge is 0.279 e. The van der Waals surface area contributed by atoms with Gasteiger partial charge < -0.3 is 9.30 Å². The molecule has 8 nitrogen and oxygen atoms in total. The third kappa shape index (κ3) is 2.39. The number of imidazole rings is 1. The Morgan fingerprint density at radius 2 is 2.08 bits per heavy atom. The molecule has 0 fully saturated rings. The van der Waals surface area contributed by atoms with Gasteiger partial charge in [0.25, 0.3) is 5.56 Å². The van der Waals surface area contributed by atoms with Crippen LogP contribution >= 0.6 is 0 Å². The maximum absolute atomic E-state index is 13.8. The fraction of sp³-hybridized carbons (Fsp3) is 0.294. The molecule has 26 heavy (non-hydrogen) atoms. The third-order valence-electron chi connectivity index (χ3n) is 4.19. The summed E-state index contributed by atoms with van der Waals surface area (Å²) in [6.07, 6.45) is 3.20. The lowest BCUT2D eigenvalue weighted by molar-refractivity contribution is 0.181. The minimum Gasteiger partial charge on any atom is -0.378 e. The van der Waals surface area contributed by atoms with Gasteiger partial charge in [-0.3, -0.25) is 9.20 Å². The molecule has 3 aromatic heterocycles. The lowest BCUT2D eigenvalue weighted by atomic mass is 10.2. The number of halogens is 1. The van der Waals surface area contributed by atoms with E-state index in [0.717, 1.165) is 0 Å². The zero-order valence-corrected chi connectivity index (χ0v) is 14.5. The predicted octanol–water partition coefficient (Wildman–Crippen LogP) is 2.10. The fourth-order valence-corrected chi connectivity index (χ4v) is 3.13. The first-order chi connectivity index (χ1) is 12.5. The molecule has 0 saturated heterocycles. The van der Waals surface area contributed by atoms with Gasteiger partial charge in [0.1, 0.15) is 17.8 Å². The number of benzene rings is 1. The molecule has 1 aromatic carbocycles. The Kier molecular flexibility index (Phi) is 3.80. The normalized spacial score (nSPS) is 11.9. The quantitative estimate of drug-likeness (QED) is 0.559. The number of ether oxygens (including phenoxy) is 1. The monoisotopic (exact) mass is 356 g/mol. The molecule has 134 valence electrons. The topological polar surface area (TPSA) is 79.2 Å². The summed E-state index contributed by atoms with van der Waals surface area (Å²) < 4.78 is 23.5. The average Bonchev–Trinajstić information content (AvgIpc) is 3.21. The van der Waals surface area contributed by atoms with Gasteiger partial charge in [0.2, 0.25) is 0 Å². The van der Waals surface area contributed by atoms with Crippen LogP contribution in [0.3, 0.4) is 0 Å². The number of rotatable bonds is 4. The minimum absolute atomic E-state index is 0.153. The largest absolute Gasteiger partial charge is 0.378 e. The van der Waals surface area contributed by atoms with E-state index in [9.17, 15) is 9.18 Å². The second kappa shape index (κ2) is 6.03. The molecule has 0 saturated carbocycles. The van der Waals surface area contributed by atoms with Crippen LogP contribution in [0.1, 0.15) is 25.6 Å². The van der Waals surface area contributed by atoms with Gasteiger partial charge in [-0.15, -0.1) is 5.10 Å². The van der Waals surface area contributed by atoms with Crippen LogP contribution in [-0.2, 0) is 11.3 Å². The molecule has 0 bridgehead atoms. The SMILES string of the molecule is COCc1cn(-c2ncn3c2c(=O)n(C(C)C)c2cc(F)ccc23)nn1. The van der Waals surface area contributed by atoms with Gasteiger partial charge in [-0.2, -0.15) is 4.68 Å². The van der Waals surface area contributed by atoms with Crippen molar-refractivity contribution < 1.29 is 9.13 Å². The Bertz CT molecular complexity index is 1170. The summed E-state index contributed by atoms with van der Waals surface area (Å²) in [5, 5.41) is 8.05.